The number of rotatable bonds is 5. The average Bonchev–Trinajstić information content (AvgIpc) is 2.36. The standard InChI is InChI=1S/C14H21NO3/c1-6-11-12(8-7-10(2)15-11)18-9-14(3,4)13(16)17-5/h7-8H,6,9H2,1-5H3. The van der Waals surface area contributed by atoms with Gasteiger partial charge in [0.15, 0.2) is 0 Å². The molecule has 100 valence electrons. The van der Waals surface area contributed by atoms with Crippen molar-refractivity contribution in [1.29, 1.82) is 0 Å². The normalized spacial score (nSPS) is 11.2. The van der Waals surface area contributed by atoms with Crippen LogP contribution in [0.3, 0.4) is 0 Å². The first kappa shape index (κ1) is 14.5. The zero-order valence-corrected chi connectivity index (χ0v) is 11.7. The molecular weight excluding hydrogens is 230 g/mol. The van der Waals surface area contributed by atoms with Crippen LogP contribution in [0.5, 0.6) is 5.75 Å². The van der Waals surface area contributed by atoms with Crippen LogP contribution in [0, 0.1) is 12.3 Å². The van der Waals surface area contributed by atoms with Gasteiger partial charge < -0.3 is 9.47 Å². The fourth-order valence-corrected chi connectivity index (χ4v) is 1.58. The van der Waals surface area contributed by atoms with Gasteiger partial charge in [-0.2, -0.15) is 0 Å². The Hall–Kier alpha value is -1.58. The molecule has 1 aromatic rings. The lowest BCUT2D eigenvalue weighted by molar-refractivity contribution is -0.152. The first-order valence-corrected chi connectivity index (χ1v) is 6.08. The van der Waals surface area contributed by atoms with E-state index in [1.54, 1.807) is 13.8 Å². The summed E-state index contributed by atoms with van der Waals surface area (Å²) < 4.78 is 10.5. The van der Waals surface area contributed by atoms with Gasteiger partial charge in [0, 0.05) is 5.69 Å². The largest absolute Gasteiger partial charge is 0.491 e. The Labute approximate surface area is 108 Å². The molecule has 0 aliphatic rings. The fourth-order valence-electron chi connectivity index (χ4n) is 1.58. The van der Waals surface area contributed by atoms with Gasteiger partial charge in [-0.1, -0.05) is 6.92 Å². The highest BCUT2D eigenvalue weighted by Crippen LogP contribution is 2.22. The number of aryl methyl sites for hydroxylation is 2. The van der Waals surface area contributed by atoms with Crippen molar-refractivity contribution >= 4 is 5.97 Å². The number of carbonyl (C=O) groups is 1. The molecule has 0 aliphatic heterocycles. The van der Waals surface area contributed by atoms with E-state index >= 15 is 0 Å². The van der Waals surface area contributed by atoms with Gasteiger partial charge in [-0.15, -0.1) is 0 Å². The van der Waals surface area contributed by atoms with Crippen molar-refractivity contribution in [1.82, 2.24) is 4.98 Å². The minimum atomic E-state index is -0.662. The maximum Gasteiger partial charge on any atom is 0.314 e. The van der Waals surface area contributed by atoms with Crippen LogP contribution in [-0.4, -0.2) is 24.7 Å². The molecule has 1 aromatic heterocycles. The van der Waals surface area contributed by atoms with Gasteiger partial charge in [0.1, 0.15) is 12.4 Å². The Morgan fingerprint density at radius 2 is 2.06 bits per heavy atom. The Morgan fingerprint density at radius 1 is 1.39 bits per heavy atom. The predicted octanol–water partition coefficient (Wildman–Crippen LogP) is 2.53. The number of esters is 1. The van der Waals surface area contributed by atoms with Crippen LogP contribution in [0.25, 0.3) is 0 Å². The highest BCUT2D eigenvalue weighted by molar-refractivity contribution is 5.75. The Morgan fingerprint density at radius 3 is 2.61 bits per heavy atom. The van der Waals surface area contributed by atoms with Crippen molar-refractivity contribution in [3.05, 3.63) is 23.5 Å². The van der Waals surface area contributed by atoms with E-state index in [9.17, 15) is 4.79 Å². The van der Waals surface area contributed by atoms with E-state index < -0.39 is 5.41 Å². The molecule has 4 heteroatoms. The second kappa shape index (κ2) is 5.85. The first-order valence-electron chi connectivity index (χ1n) is 6.08. The van der Waals surface area contributed by atoms with Crippen molar-refractivity contribution in [3.63, 3.8) is 0 Å². The number of carbonyl (C=O) groups excluding carboxylic acids is 1. The number of ether oxygens (including phenoxy) is 2. The molecule has 18 heavy (non-hydrogen) atoms. The van der Waals surface area contributed by atoms with Gasteiger partial charge in [0.2, 0.25) is 0 Å². The van der Waals surface area contributed by atoms with Gasteiger partial charge in [0.05, 0.1) is 18.2 Å². The summed E-state index contributed by atoms with van der Waals surface area (Å²) in [6.45, 7) is 7.84. The predicted molar refractivity (Wildman–Crippen MR) is 69.6 cm³/mol. The zero-order chi connectivity index (χ0) is 13.8. The second-order valence-electron chi connectivity index (χ2n) is 4.92. The van der Waals surface area contributed by atoms with Crippen molar-refractivity contribution < 1.29 is 14.3 Å². The molecule has 0 amide bonds. The van der Waals surface area contributed by atoms with Gasteiger partial charge in [-0.3, -0.25) is 9.78 Å². The van der Waals surface area contributed by atoms with Gasteiger partial charge in [-0.05, 0) is 39.3 Å². The minimum absolute atomic E-state index is 0.275. The molecule has 0 aromatic carbocycles. The summed E-state index contributed by atoms with van der Waals surface area (Å²) in [5, 5.41) is 0. The number of hydrogen-bond acceptors (Lipinski definition) is 4. The molecule has 0 N–H and O–H groups in total. The average molecular weight is 251 g/mol. The molecule has 1 heterocycles. The summed E-state index contributed by atoms with van der Waals surface area (Å²) in [6.07, 6.45) is 0.801. The summed E-state index contributed by atoms with van der Waals surface area (Å²) in [5.41, 5.74) is 1.21. The SMILES string of the molecule is CCc1nc(C)ccc1OCC(C)(C)C(=O)OC. The van der Waals surface area contributed by atoms with Crippen molar-refractivity contribution in [2.45, 2.75) is 34.1 Å². The molecule has 0 aliphatic carbocycles. The van der Waals surface area contributed by atoms with Crippen LogP contribution in [0.15, 0.2) is 12.1 Å². The molecule has 4 nitrogen and oxygen atoms in total. The number of pyridine rings is 1. The Kier molecular flexibility index (Phi) is 4.70. The summed E-state index contributed by atoms with van der Waals surface area (Å²) in [4.78, 5) is 16.0. The number of methoxy groups -OCH3 is 1. The Bertz CT molecular complexity index is 427. The van der Waals surface area contributed by atoms with Crippen LogP contribution < -0.4 is 4.74 Å². The third-order valence-electron chi connectivity index (χ3n) is 2.73. The fraction of sp³-hybridized carbons (Fsp3) is 0.571. The van der Waals surface area contributed by atoms with Crippen LogP contribution in [-0.2, 0) is 16.0 Å². The topological polar surface area (TPSA) is 48.4 Å². The molecule has 0 radical (unpaired) electrons. The molecule has 0 spiro atoms. The third kappa shape index (κ3) is 3.45. The van der Waals surface area contributed by atoms with Crippen LogP contribution in [0.1, 0.15) is 32.2 Å². The molecular formula is C14H21NO3. The number of aromatic nitrogens is 1. The quantitative estimate of drug-likeness (QED) is 0.754. The van der Waals surface area contributed by atoms with Gasteiger partial charge in [0.25, 0.3) is 0 Å². The monoisotopic (exact) mass is 251 g/mol. The van der Waals surface area contributed by atoms with Crippen LogP contribution in [0.2, 0.25) is 0 Å². The molecule has 0 unspecified atom stereocenters. The second-order valence-corrected chi connectivity index (χ2v) is 4.92. The highest BCUT2D eigenvalue weighted by atomic mass is 16.5. The van der Waals surface area contributed by atoms with Gasteiger partial charge in [-0.25, -0.2) is 0 Å². The maximum absolute atomic E-state index is 11.5. The van der Waals surface area contributed by atoms with E-state index in [0.717, 1.165) is 23.6 Å². The lowest BCUT2D eigenvalue weighted by Gasteiger charge is -2.22. The zero-order valence-electron chi connectivity index (χ0n) is 11.7. The Balaban J connectivity index is 2.77. The lowest BCUT2D eigenvalue weighted by atomic mass is 9.95. The minimum Gasteiger partial charge on any atom is -0.491 e. The molecule has 0 atom stereocenters. The maximum atomic E-state index is 11.5. The molecule has 1 rings (SSSR count). The van der Waals surface area contributed by atoms with E-state index in [1.807, 2.05) is 26.0 Å². The highest BCUT2D eigenvalue weighted by Gasteiger charge is 2.30. The summed E-state index contributed by atoms with van der Waals surface area (Å²) in [5.74, 6) is 0.459. The van der Waals surface area contributed by atoms with E-state index in [1.165, 1.54) is 7.11 Å². The van der Waals surface area contributed by atoms with Crippen LogP contribution >= 0.6 is 0 Å². The smallest absolute Gasteiger partial charge is 0.314 e. The van der Waals surface area contributed by atoms with E-state index in [0.29, 0.717) is 0 Å². The van der Waals surface area contributed by atoms with E-state index in [4.69, 9.17) is 9.47 Å². The van der Waals surface area contributed by atoms with Crippen molar-refractivity contribution in [2.75, 3.05) is 13.7 Å². The summed E-state index contributed by atoms with van der Waals surface area (Å²) >= 11 is 0. The van der Waals surface area contributed by atoms with Crippen LogP contribution in [0.4, 0.5) is 0 Å². The van der Waals surface area contributed by atoms with Crippen molar-refractivity contribution in [2.24, 2.45) is 5.41 Å². The molecule has 0 bridgehead atoms. The first-order chi connectivity index (χ1) is 8.40. The molecule has 0 fully saturated rings. The van der Waals surface area contributed by atoms with Gasteiger partial charge >= 0.3 is 5.97 Å². The lowest BCUT2D eigenvalue weighted by Crippen LogP contribution is -2.32. The van der Waals surface area contributed by atoms with E-state index in [-0.39, 0.29) is 12.6 Å². The number of nitrogens with zero attached hydrogens (tertiary/aromatic N) is 1. The molecule has 0 saturated heterocycles. The molecule has 0 saturated carbocycles. The third-order valence-corrected chi connectivity index (χ3v) is 2.73. The van der Waals surface area contributed by atoms with E-state index in [2.05, 4.69) is 4.98 Å². The summed E-state index contributed by atoms with van der Waals surface area (Å²) in [6, 6.07) is 3.80. The summed E-state index contributed by atoms with van der Waals surface area (Å²) in [7, 11) is 1.38. The number of hydrogen-bond donors (Lipinski definition) is 0. The van der Waals surface area contributed by atoms with Crippen molar-refractivity contribution in [3.8, 4) is 5.75 Å².